The van der Waals surface area contributed by atoms with Gasteiger partial charge in [-0.05, 0) is 48.9 Å². The fraction of sp³-hybridized carbons (Fsp3) is 0.231. The van der Waals surface area contributed by atoms with E-state index in [0.717, 1.165) is 9.87 Å². The number of halogens is 1. The molecule has 0 radical (unpaired) electrons. The number of carbonyl (C=O) groups is 2. The third-order valence-corrected chi connectivity index (χ3v) is 7.59. The number of sulfonamides is 1. The molecule has 188 valence electrons. The first-order valence-corrected chi connectivity index (χ1v) is 12.6. The average Bonchev–Trinajstić information content (AvgIpc) is 2.88. The molecule has 10 heteroatoms. The number of rotatable bonds is 7. The summed E-state index contributed by atoms with van der Waals surface area (Å²) in [6.07, 6.45) is -1.06. The van der Waals surface area contributed by atoms with Crippen molar-refractivity contribution in [1.29, 1.82) is 0 Å². The molecule has 0 unspecified atom stereocenters. The molecule has 0 bridgehead atoms. The molecule has 4 rings (SSSR count). The van der Waals surface area contributed by atoms with Crippen LogP contribution in [0.25, 0.3) is 0 Å². The van der Waals surface area contributed by atoms with Crippen LogP contribution >= 0.6 is 0 Å². The third kappa shape index (κ3) is 5.39. The van der Waals surface area contributed by atoms with E-state index in [1.807, 2.05) is 6.92 Å². The Bertz CT molecular complexity index is 1360. The normalized spacial score (nSPS) is 15.2. The van der Waals surface area contributed by atoms with E-state index in [0.29, 0.717) is 17.0 Å². The van der Waals surface area contributed by atoms with Gasteiger partial charge in [0, 0.05) is 6.54 Å². The summed E-state index contributed by atoms with van der Waals surface area (Å²) in [6, 6.07) is 18.4. The lowest BCUT2D eigenvalue weighted by molar-refractivity contribution is -0.148. The lowest BCUT2D eigenvalue weighted by Crippen LogP contribution is -2.50. The number of fused-ring (bicyclic) bond motifs is 1. The van der Waals surface area contributed by atoms with Crippen molar-refractivity contribution in [3.8, 4) is 5.75 Å². The number of nitrogens with zero attached hydrogens (tertiary/aromatic N) is 2. The average molecular weight is 513 g/mol. The number of ether oxygens (including phenoxy) is 2. The van der Waals surface area contributed by atoms with Gasteiger partial charge in [0.1, 0.15) is 11.6 Å². The first-order valence-electron chi connectivity index (χ1n) is 11.1. The second-order valence-electron chi connectivity index (χ2n) is 8.31. The molecule has 0 spiro atoms. The molecular weight excluding hydrogens is 487 g/mol. The molecule has 36 heavy (non-hydrogen) atoms. The molecule has 8 nitrogen and oxygen atoms in total. The molecule has 3 aromatic carbocycles. The van der Waals surface area contributed by atoms with E-state index < -0.39 is 40.4 Å². The van der Waals surface area contributed by atoms with E-state index in [2.05, 4.69) is 0 Å². The minimum absolute atomic E-state index is 0.0258. The number of amides is 1. The number of carbonyl (C=O) groups excluding carboxylic acids is 2. The van der Waals surface area contributed by atoms with Gasteiger partial charge in [0.25, 0.3) is 0 Å². The van der Waals surface area contributed by atoms with Crippen LogP contribution in [0, 0.1) is 12.7 Å². The van der Waals surface area contributed by atoms with Crippen LogP contribution in [0.1, 0.15) is 11.1 Å². The van der Waals surface area contributed by atoms with Crippen LogP contribution in [0.3, 0.4) is 0 Å². The van der Waals surface area contributed by atoms with Crippen molar-refractivity contribution in [2.24, 2.45) is 0 Å². The van der Waals surface area contributed by atoms with Crippen LogP contribution in [0.15, 0.2) is 77.7 Å². The third-order valence-electron chi connectivity index (χ3n) is 5.78. The van der Waals surface area contributed by atoms with E-state index >= 15 is 0 Å². The molecule has 0 aromatic heterocycles. The Balaban J connectivity index is 1.68. The summed E-state index contributed by atoms with van der Waals surface area (Å²) >= 11 is 0. The van der Waals surface area contributed by atoms with E-state index in [4.69, 9.17) is 9.47 Å². The Kier molecular flexibility index (Phi) is 7.37. The van der Waals surface area contributed by atoms with Crippen molar-refractivity contribution in [2.75, 3.05) is 25.1 Å². The largest absolute Gasteiger partial charge is 0.475 e. The minimum Gasteiger partial charge on any atom is -0.475 e. The number of methoxy groups -OCH3 is 1. The smallest absolute Gasteiger partial charge is 0.348 e. The van der Waals surface area contributed by atoms with Crippen molar-refractivity contribution < 1.29 is 31.9 Å². The zero-order chi connectivity index (χ0) is 25.9. The van der Waals surface area contributed by atoms with Gasteiger partial charge in [-0.2, -0.15) is 4.31 Å². The van der Waals surface area contributed by atoms with Gasteiger partial charge < -0.3 is 14.4 Å². The predicted octanol–water partition coefficient (Wildman–Crippen LogP) is 3.29. The molecular formula is C26H25FN2O6S. The Labute approximate surface area is 208 Å². The van der Waals surface area contributed by atoms with Crippen LogP contribution < -0.4 is 9.64 Å². The van der Waals surface area contributed by atoms with Crippen molar-refractivity contribution >= 4 is 27.6 Å². The fourth-order valence-corrected chi connectivity index (χ4v) is 5.22. The summed E-state index contributed by atoms with van der Waals surface area (Å²) < 4.78 is 52.1. The molecule has 1 aliphatic heterocycles. The van der Waals surface area contributed by atoms with Crippen LogP contribution in [-0.4, -0.2) is 50.9 Å². The van der Waals surface area contributed by atoms with E-state index in [9.17, 15) is 22.4 Å². The summed E-state index contributed by atoms with van der Waals surface area (Å²) in [5.74, 6) is -1.37. The Morgan fingerprint density at radius 1 is 1.06 bits per heavy atom. The zero-order valence-electron chi connectivity index (χ0n) is 19.8. The summed E-state index contributed by atoms with van der Waals surface area (Å²) in [7, 11) is -2.88. The number of aryl methyl sites for hydroxylation is 1. The topological polar surface area (TPSA) is 93.2 Å². The number of benzene rings is 3. The van der Waals surface area contributed by atoms with Gasteiger partial charge in [-0.15, -0.1) is 0 Å². The van der Waals surface area contributed by atoms with Crippen molar-refractivity contribution in [3.63, 3.8) is 0 Å². The Hall–Kier alpha value is -3.76. The number of hydrogen-bond donors (Lipinski definition) is 0. The molecule has 1 amide bonds. The zero-order valence-corrected chi connectivity index (χ0v) is 20.6. The molecule has 3 aromatic rings. The maximum atomic E-state index is 13.6. The second-order valence-corrected chi connectivity index (χ2v) is 10.3. The van der Waals surface area contributed by atoms with Gasteiger partial charge in [0.15, 0.2) is 0 Å². The summed E-state index contributed by atoms with van der Waals surface area (Å²) in [5.41, 5.74) is 1.81. The Morgan fingerprint density at radius 2 is 1.72 bits per heavy atom. The van der Waals surface area contributed by atoms with E-state index in [1.54, 1.807) is 36.4 Å². The highest BCUT2D eigenvalue weighted by Gasteiger charge is 2.36. The van der Waals surface area contributed by atoms with Gasteiger partial charge in [-0.25, -0.2) is 17.6 Å². The summed E-state index contributed by atoms with van der Waals surface area (Å²) in [4.78, 5) is 27.1. The van der Waals surface area contributed by atoms with Crippen LogP contribution in [0.2, 0.25) is 0 Å². The van der Waals surface area contributed by atoms with Gasteiger partial charge >= 0.3 is 5.97 Å². The number of esters is 1. The standard InChI is InChI=1S/C26H25FN2O6S/c1-18-7-13-21(14-8-18)36(32,33)28(15-19-9-11-20(27)12-10-19)17-25(30)29-16-24(26(31)34-2)35-23-6-4-3-5-22(23)29/h3-14,24H,15-17H2,1-2H3/t24-/m1/s1. The second kappa shape index (κ2) is 10.5. The van der Waals surface area contributed by atoms with E-state index in [-0.39, 0.29) is 18.0 Å². The van der Waals surface area contributed by atoms with Crippen LogP contribution in [0.4, 0.5) is 10.1 Å². The predicted molar refractivity (Wildman–Crippen MR) is 130 cm³/mol. The van der Waals surface area contributed by atoms with Gasteiger partial charge in [0.2, 0.25) is 22.0 Å². The van der Waals surface area contributed by atoms with Crippen LogP contribution in [0.5, 0.6) is 5.75 Å². The maximum Gasteiger partial charge on any atom is 0.348 e. The molecule has 1 aliphatic rings. The lowest BCUT2D eigenvalue weighted by Gasteiger charge is -2.34. The van der Waals surface area contributed by atoms with Crippen molar-refractivity contribution in [1.82, 2.24) is 4.31 Å². The van der Waals surface area contributed by atoms with Gasteiger partial charge in [-0.1, -0.05) is 42.0 Å². The molecule has 0 saturated heterocycles. The van der Waals surface area contributed by atoms with Crippen molar-refractivity contribution in [3.05, 3.63) is 89.7 Å². The minimum atomic E-state index is -4.10. The number of anilines is 1. The first kappa shape index (κ1) is 25.3. The van der Waals surface area contributed by atoms with Crippen LogP contribution in [-0.2, 0) is 30.9 Å². The fourth-order valence-electron chi connectivity index (χ4n) is 3.84. The molecule has 0 N–H and O–H groups in total. The maximum absolute atomic E-state index is 13.6. The van der Waals surface area contributed by atoms with E-state index in [1.165, 1.54) is 48.4 Å². The molecule has 0 fully saturated rings. The molecule has 0 saturated carbocycles. The highest BCUT2D eigenvalue weighted by molar-refractivity contribution is 7.89. The number of hydrogen-bond acceptors (Lipinski definition) is 6. The monoisotopic (exact) mass is 512 g/mol. The molecule has 1 atom stereocenters. The quantitative estimate of drug-likeness (QED) is 0.451. The summed E-state index contributed by atoms with van der Waals surface area (Å²) in [5, 5.41) is 0. The molecule has 1 heterocycles. The SMILES string of the molecule is COC(=O)[C@H]1CN(C(=O)CN(Cc2ccc(F)cc2)S(=O)(=O)c2ccc(C)cc2)c2ccccc2O1. The Morgan fingerprint density at radius 3 is 2.39 bits per heavy atom. The van der Waals surface area contributed by atoms with Gasteiger partial charge in [-0.3, -0.25) is 4.79 Å². The van der Waals surface area contributed by atoms with Crippen molar-refractivity contribution in [2.45, 2.75) is 24.5 Å². The highest BCUT2D eigenvalue weighted by Crippen LogP contribution is 2.34. The molecule has 0 aliphatic carbocycles. The number of para-hydroxylation sites is 2. The van der Waals surface area contributed by atoms with Gasteiger partial charge in [0.05, 0.1) is 30.8 Å². The lowest BCUT2D eigenvalue weighted by atomic mass is 10.1. The summed E-state index contributed by atoms with van der Waals surface area (Å²) in [6.45, 7) is 1.02. The highest BCUT2D eigenvalue weighted by atomic mass is 32.2. The first-order chi connectivity index (χ1) is 17.2.